The van der Waals surface area contributed by atoms with Crippen LogP contribution in [0.5, 0.6) is 0 Å². The number of benzene rings is 3. The number of fused-ring (bicyclic) bond motifs is 2. The average Bonchev–Trinajstić information content (AvgIpc) is 3.50. The fourth-order valence-corrected chi connectivity index (χ4v) is 7.92. The molecule has 3 aromatic rings. The van der Waals surface area contributed by atoms with Gasteiger partial charge in [-0.25, -0.2) is 8.78 Å². The number of hydrogen-bond acceptors (Lipinski definition) is 4. The van der Waals surface area contributed by atoms with E-state index < -0.39 is 17.4 Å². The van der Waals surface area contributed by atoms with Crippen molar-refractivity contribution in [1.29, 1.82) is 0 Å². The fraction of sp³-hybridized carbons (Fsp3) is 0.400. The summed E-state index contributed by atoms with van der Waals surface area (Å²) in [4.78, 5) is 2.51. The zero-order chi connectivity index (χ0) is 24.6. The molecular formula is C30H31F2NO2S. The molecule has 1 spiro atoms. The second-order valence-electron chi connectivity index (χ2n) is 10.0. The van der Waals surface area contributed by atoms with E-state index in [2.05, 4.69) is 71.3 Å². The second kappa shape index (κ2) is 9.90. The van der Waals surface area contributed by atoms with Crippen molar-refractivity contribution in [2.45, 2.75) is 41.5 Å². The maximum Gasteiger partial charge on any atom is 0.197 e. The van der Waals surface area contributed by atoms with E-state index in [0.717, 1.165) is 45.0 Å². The van der Waals surface area contributed by atoms with Gasteiger partial charge in [-0.3, -0.25) is 0 Å². The molecule has 3 aliphatic rings. The van der Waals surface area contributed by atoms with Gasteiger partial charge in [-0.05, 0) is 67.7 Å². The Kier molecular flexibility index (Phi) is 6.63. The Hall–Kier alpha value is -2.25. The number of likely N-dealkylation sites (tertiary alicyclic amines) is 1. The van der Waals surface area contributed by atoms with Crippen molar-refractivity contribution in [2.75, 3.05) is 32.8 Å². The Labute approximate surface area is 215 Å². The summed E-state index contributed by atoms with van der Waals surface area (Å²) < 4.78 is 40.0. The Bertz CT molecular complexity index is 1210. The molecule has 0 saturated carbocycles. The number of hydrogen-bond donors (Lipinski definition) is 0. The third-order valence-electron chi connectivity index (χ3n) is 7.92. The summed E-state index contributed by atoms with van der Waals surface area (Å²) in [5, 5.41) is 0.385. The molecule has 0 aromatic heterocycles. The molecule has 3 heterocycles. The monoisotopic (exact) mass is 507 g/mol. The number of halogens is 2. The number of thioether (sulfide) groups is 1. The highest BCUT2D eigenvalue weighted by Crippen LogP contribution is 2.61. The molecule has 3 aromatic carbocycles. The van der Waals surface area contributed by atoms with Crippen LogP contribution in [0.2, 0.25) is 0 Å². The molecule has 0 aliphatic carbocycles. The van der Waals surface area contributed by atoms with E-state index in [1.165, 1.54) is 28.8 Å². The van der Waals surface area contributed by atoms with Gasteiger partial charge in [0.2, 0.25) is 0 Å². The molecule has 0 amide bonds. The van der Waals surface area contributed by atoms with Gasteiger partial charge in [0.25, 0.3) is 0 Å². The van der Waals surface area contributed by atoms with Crippen LogP contribution in [0.1, 0.15) is 53.2 Å². The van der Waals surface area contributed by atoms with Crippen LogP contribution in [-0.2, 0) is 20.0 Å². The first kappa shape index (κ1) is 24.1. The average molecular weight is 508 g/mol. The van der Waals surface area contributed by atoms with E-state index >= 15 is 0 Å². The molecule has 0 bridgehead atoms. The molecule has 6 rings (SSSR count). The summed E-state index contributed by atoms with van der Waals surface area (Å²) in [5.74, 6) is -2.31. The Balaban J connectivity index is 1.11. The standard InChI is InChI=1S/C30H31F2NO2S/c31-23-11-12-26(27(32)21-23)30(34-19-20-35-30)13-6-16-33-17-14-29(15-18-33)25-10-5-4-9-24(25)28(36-29)22-7-2-1-3-8-22/h1-5,7-12,21,28H,6,13-20H2. The topological polar surface area (TPSA) is 21.7 Å². The summed E-state index contributed by atoms with van der Waals surface area (Å²) in [6, 6.07) is 23.5. The van der Waals surface area contributed by atoms with Crippen molar-refractivity contribution >= 4 is 11.8 Å². The molecule has 2 saturated heterocycles. The molecule has 0 N–H and O–H groups in total. The van der Waals surface area contributed by atoms with Gasteiger partial charge in [-0.2, -0.15) is 0 Å². The lowest BCUT2D eigenvalue weighted by molar-refractivity contribution is -0.174. The minimum atomic E-state index is -1.11. The maximum atomic E-state index is 14.6. The first-order valence-electron chi connectivity index (χ1n) is 12.9. The predicted octanol–water partition coefficient (Wildman–Crippen LogP) is 6.77. The van der Waals surface area contributed by atoms with Crippen molar-refractivity contribution in [1.82, 2.24) is 4.90 Å². The lowest BCUT2D eigenvalue weighted by atomic mass is 9.84. The van der Waals surface area contributed by atoms with Crippen LogP contribution >= 0.6 is 11.8 Å². The van der Waals surface area contributed by atoms with Crippen molar-refractivity contribution in [3.63, 3.8) is 0 Å². The highest BCUT2D eigenvalue weighted by Gasteiger charge is 2.46. The lowest BCUT2D eigenvalue weighted by Gasteiger charge is -2.40. The molecule has 1 unspecified atom stereocenters. The molecule has 6 heteroatoms. The number of rotatable bonds is 6. The van der Waals surface area contributed by atoms with Gasteiger partial charge in [0.05, 0.1) is 18.5 Å². The van der Waals surface area contributed by atoms with Crippen molar-refractivity contribution in [3.8, 4) is 0 Å². The van der Waals surface area contributed by atoms with E-state index in [0.29, 0.717) is 30.4 Å². The summed E-state index contributed by atoms with van der Waals surface area (Å²) in [5.41, 5.74) is 4.64. The molecule has 1 atom stereocenters. The third kappa shape index (κ3) is 4.38. The van der Waals surface area contributed by atoms with Gasteiger partial charge in [0, 0.05) is 22.8 Å². The number of ether oxygens (including phenoxy) is 2. The molecule has 36 heavy (non-hydrogen) atoms. The summed E-state index contributed by atoms with van der Waals surface area (Å²) in [7, 11) is 0. The second-order valence-corrected chi connectivity index (χ2v) is 11.5. The van der Waals surface area contributed by atoms with Gasteiger partial charge in [0.15, 0.2) is 5.79 Å². The number of nitrogens with zero attached hydrogens (tertiary/aromatic N) is 1. The first-order chi connectivity index (χ1) is 17.6. The van der Waals surface area contributed by atoms with E-state index in [9.17, 15) is 8.78 Å². The summed E-state index contributed by atoms with van der Waals surface area (Å²) in [6.45, 7) is 3.80. The van der Waals surface area contributed by atoms with E-state index in [1.54, 1.807) is 0 Å². The van der Waals surface area contributed by atoms with Crippen LogP contribution in [0.25, 0.3) is 0 Å². The molecule has 2 fully saturated rings. The predicted molar refractivity (Wildman–Crippen MR) is 139 cm³/mol. The molecule has 3 aliphatic heterocycles. The Morgan fingerprint density at radius 3 is 2.33 bits per heavy atom. The summed E-state index contributed by atoms with van der Waals surface area (Å²) >= 11 is 2.12. The first-order valence-corrected chi connectivity index (χ1v) is 13.7. The molecule has 3 nitrogen and oxygen atoms in total. The Morgan fingerprint density at radius 2 is 1.58 bits per heavy atom. The highest BCUT2D eigenvalue weighted by atomic mass is 32.2. The SMILES string of the molecule is Fc1ccc(C2(CCCN3CCC4(CC3)SC(c3ccccc3)c3ccccc34)OCCO2)c(F)c1. The minimum absolute atomic E-state index is 0.156. The highest BCUT2D eigenvalue weighted by molar-refractivity contribution is 8.01. The molecular weight excluding hydrogens is 476 g/mol. The van der Waals surface area contributed by atoms with Crippen LogP contribution in [0, 0.1) is 11.6 Å². The van der Waals surface area contributed by atoms with Crippen LogP contribution in [-0.4, -0.2) is 37.7 Å². The van der Waals surface area contributed by atoms with Crippen molar-refractivity contribution in [3.05, 3.63) is 107 Å². The largest absolute Gasteiger partial charge is 0.343 e. The lowest BCUT2D eigenvalue weighted by Crippen LogP contribution is -2.41. The van der Waals surface area contributed by atoms with Crippen LogP contribution in [0.15, 0.2) is 72.8 Å². The Morgan fingerprint density at radius 1 is 0.861 bits per heavy atom. The van der Waals surface area contributed by atoms with Gasteiger partial charge in [0.1, 0.15) is 11.6 Å². The molecule has 0 radical (unpaired) electrons. The summed E-state index contributed by atoms with van der Waals surface area (Å²) in [6.07, 6.45) is 3.59. The zero-order valence-electron chi connectivity index (χ0n) is 20.3. The van der Waals surface area contributed by atoms with E-state index in [4.69, 9.17) is 9.47 Å². The van der Waals surface area contributed by atoms with Crippen LogP contribution < -0.4 is 0 Å². The maximum absolute atomic E-state index is 14.6. The van der Waals surface area contributed by atoms with E-state index in [-0.39, 0.29) is 4.75 Å². The third-order valence-corrected chi connectivity index (χ3v) is 9.76. The van der Waals surface area contributed by atoms with Crippen molar-refractivity contribution < 1.29 is 18.3 Å². The van der Waals surface area contributed by atoms with Gasteiger partial charge < -0.3 is 14.4 Å². The van der Waals surface area contributed by atoms with Gasteiger partial charge in [-0.1, -0.05) is 54.6 Å². The quantitative estimate of drug-likeness (QED) is 0.367. The van der Waals surface area contributed by atoms with Gasteiger partial charge in [-0.15, -0.1) is 11.8 Å². The normalized spacial score (nSPS) is 22.7. The molecule has 188 valence electrons. The fourth-order valence-electron chi connectivity index (χ4n) is 6.12. The smallest absolute Gasteiger partial charge is 0.197 e. The van der Waals surface area contributed by atoms with Crippen molar-refractivity contribution in [2.24, 2.45) is 0 Å². The van der Waals surface area contributed by atoms with Crippen LogP contribution in [0.3, 0.4) is 0 Å². The minimum Gasteiger partial charge on any atom is -0.343 e. The number of piperidine rings is 1. The zero-order valence-corrected chi connectivity index (χ0v) is 21.1. The van der Waals surface area contributed by atoms with Gasteiger partial charge >= 0.3 is 0 Å². The van der Waals surface area contributed by atoms with E-state index in [1.807, 2.05) is 0 Å². The van der Waals surface area contributed by atoms with Crippen LogP contribution in [0.4, 0.5) is 8.78 Å².